The van der Waals surface area contributed by atoms with Gasteiger partial charge in [-0.25, -0.2) is 12.7 Å². The van der Waals surface area contributed by atoms with E-state index in [1.165, 1.54) is 12.1 Å². The molecule has 0 spiro atoms. The van der Waals surface area contributed by atoms with Gasteiger partial charge < -0.3 is 10.2 Å². The second kappa shape index (κ2) is 6.18. The molecule has 1 aromatic carbocycles. The second-order valence-corrected chi connectivity index (χ2v) is 7.87. The summed E-state index contributed by atoms with van der Waals surface area (Å²) in [5.41, 5.74) is 0.452. The first-order valence-corrected chi connectivity index (χ1v) is 9.52. The molecule has 2 amide bonds. The highest BCUT2D eigenvalue weighted by Crippen LogP contribution is 2.31. The van der Waals surface area contributed by atoms with Crippen LogP contribution in [0.1, 0.15) is 40.5 Å². The number of likely N-dealkylation sites (tertiary alicyclic amines) is 1. The van der Waals surface area contributed by atoms with Crippen LogP contribution < -0.4 is 5.32 Å². The van der Waals surface area contributed by atoms with E-state index in [-0.39, 0.29) is 29.0 Å². The average Bonchev–Trinajstić information content (AvgIpc) is 3.09. The van der Waals surface area contributed by atoms with Crippen molar-refractivity contribution in [1.29, 1.82) is 0 Å². The van der Waals surface area contributed by atoms with Crippen molar-refractivity contribution in [3.63, 3.8) is 0 Å². The lowest BCUT2D eigenvalue weighted by Gasteiger charge is -2.24. The van der Waals surface area contributed by atoms with Crippen LogP contribution in [-0.4, -0.2) is 62.2 Å². The van der Waals surface area contributed by atoms with E-state index < -0.39 is 15.9 Å². The molecule has 8 heteroatoms. The fourth-order valence-corrected chi connectivity index (χ4v) is 5.04. The number of amides is 2. The number of sulfonamides is 1. The number of nitrogens with one attached hydrogen (secondary N) is 1. The van der Waals surface area contributed by atoms with E-state index in [2.05, 4.69) is 5.32 Å². The van der Waals surface area contributed by atoms with Gasteiger partial charge in [0.05, 0.1) is 5.56 Å². The minimum atomic E-state index is -3.85. The predicted molar refractivity (Wildman–Crippen MR) is 88.3 cm³/mol. The highest BCUT2D eigenvalue weighted by Gasteiger charge is 2.41. The minimum Gasteiger partial charge on any atom is -0.334 e. The molecule has 24 heavy (non-hydrogen) atoms. The molecule has 130 valence electrons. The Morgan fingerprint density at radius 2 is 2.12 bits per heavy atom. The van der Waals surface area contributed by atoms with Gasteiger partial charge in [0, 0.05) is 31.2 Å². The fraction of sp³-hybridized carbons (Fsp3) is 0.500. The Hall–Kier alpha value is -1.93. The molecule has 2 aliphatic rings. The van der Waals surface area contributed by atoms with Crippen molar-refractivity contribution >= 4 is 21.8 Å². The molecule has 7 nitrogen and oxygen atoms in total. The molecule has 1 fully saturated rings. The van der Waals surface area contributed by atoms with Crippen LogP contribution in [0.4, 0.5) is 0 Å². The van der Waals surface area contributed by atoms with Gasteiger partial charge in [0.1, 0.15) is 4.90 Å². The monoisotopic (exact) mass is 351 g/mol. The number of hydrogen-bond donors (Lipinski definition) is 1. The van der Waals surface area contributed by atoms with Gasteiger partial charge in [0.15, 0.2) is 0 Å². The number of benzene rings is 1. The van der Waals surface area contributed by atoms with E-state index >= 15 is 0 Å². The quantitative estimate of drug-likeness (QED) is 0.862. The van der Waals surface area contributed by atoms with Gasteiger partial charge >= 0.3 is 0 Å². The van der Waals surface area contributed by atoms with Crippen molar-refractivity contribution in [2.45, 2.75) is 30.7 Å². The molecule has 2 aliphatic heterocycles. The summed E-state index contributed by atoms with van der Waals surface area (Å²) >= 11 is 0. The first-order chi connectivity index (χ1) is 11.4. The Morgan fingerprint density at radius 1 is 1.38 bits per heavy atom. The lowest BCUT2D eigenvalue weighted by molar-refractivity contribution is 0.0736. The maximum atomic E-state index is 12.8. The Morgan fingerprint density at radius 3 is 2.79 bits per heavy atom. The smallest absolute Gasteiger partial charge is 0.268 e. The lowest BCUT2D eigenvalue weighted by Crippen LogP contribution is -2.40. The van der Waals surface area contributed by atoms with Gasteiger partial charge in [-0.05, 0) is 45.0 Å². The molecule has 1 atom stereocenters. The zero-order valence-electron chi connectivity index (χ0n) is 13.8. The topological polar surface area (TPSA) is 86.8 Å². The van der Waals surface area contributed by atoms with Crippen LogP contribution in [-0.2, 0) is 10.0 Å². The summed E-state index contributed by atoms with van der Waals surface area (Å²) in [6.45, 7) is 3.06. The Balaban J connectivity index is 1.96. The average molecular weight is 351 g/mol. The first-order valence-electron chi connectivity index (χ1n) is 8.08. The minimum absolute atomic E-state index is 0.0652. The third-order valence-corrected chi connectivity index (χ3v) is 6.52. The Kier molecular flexibility index (Phi) is 4.35. The summed E-state index contributed by atoms with van der Waals surface area (Å²) in [6.07, 6.45) is 1.86. The van der Waals surface area contributed by atoms with Crippen LogP contribution >= 0.6 is 0 Å². The molecule has 1 N–H and O–H groups in total. The molecular weight excluding hydrogens is 330 g/mol. The Bertz CT molecular complexity index is 791. The van der Waals surface area contributed by atoms with E-state index in [1.807, 2.05) is 7.05 Å². The van der Waals surface area contributed by atoms with Crippen molar-refractivity contribution in [3.05, 3.63) is 29.3 Å². The van der Waals surface area contributed by atoms with E-state index in [1.54, 1.807) is 17.9 Å². The number of nitrogens with zero attached hydrogens (tertiary/aromatic N) is 2. The summed E-state index contributed by atoms with van der Waals surface area (Å²) in [4.78, 5) is 26.7. The molecule has 0 radical (unpaired) electrons. The van der Waals surface area contributed by atoms with Gasteiger partial charge in [0.25, 0.3) is 21.8 Å². The van der Waals surface area contributed by atoms with Crippen molar-refractivity contribution in [2.24, 2.45) is 0 Å². The van der Waals surface area contributed by atoms with Crippen molar-refractivity contribution < 1.29 is 18.0 Å². The van der Waals surface area contributed by atoms with Gasteiger partial charge in [-0.15, -0.1) is 0 Å². The largest absolute Gasteiger partial charge is 0.334 e. The summed E-state index contributed by atoms with van der Waals surface area (Å²) < 4.78 is 25.8. The van der Waals surface area contributed by atoms with Crippen LogP contribution in [0.2, 0.25) is 0 Å². The van der Waals surface area contributed by atoms with Crippen molar-refractivity contribution in [1.82, 2.24) is 14.5 Å². The van der Waals surface area contributed by atoms with E-state index in [9.17, 15) is 18.0 Å². The molecule has 0 aliphatic carbocycles. The second-order valence-electron chi connectivity index (χ2n) is 6.04. The zero-order valence-corrected chi connectivity index (χ0v) is 14.6. The molecule has 0 saturated carbocycles. The Labute approximate surface area is 141 Å². The lowest BCUT2D eigenvalue weighted by atomic mass is 10.1. The van der Waals surface area contributed by atoms with Gasteiger partial charge in [-0.2, -0.15) is 0 Å². The normalized spacial score (nSPS) is 22.1. The number of rotatable bonds is 4. The van der Waals surface area contributed by atoms with E-state index in [4.69, 9.17) is 0 Å². The fourth-order valence-electron chi connectivity index (χ4n) is 3.44. The molecule has 1 aromatic rings. The summed E-state index contributed by atoms with van der Waals surface area (Å²) in [5, 5.41) is 3.08. The third-order valence-electron chi connectivity index (χ3n) is 4.62. The van der Waals surface area contributed by atoms with E-state index in [0.29, 0.717) is 18.7 Å². The van der Waals surface area contributed by atoms with Crippen molar-refractivity contribution in [2.75, 3.05) is 26.7 Å². The molecule has 3 rings (SSSR count). The SMILES string of the molecule is CCN1C(=O)c2ccc(C(=O)N3CCCC3CNC)cc2S1(=O)=O. The number of carbonyl (C=O) groups is 2. The maximum Gasteiger partial charge on any atom is 0.268 e. The molecular formula is C16H21N3O4S. The van der Waals surface area contributed by atoms with Gasteiger partial charge in [-0.1, -0.05) is 0 Å². The van der Waals surface area contributed by atoms with Crippen LogP contribution in [0.15, 0.2) is 23.1 Å². The van der Waals surface area contributed by atoms with Gasteiger partial charge in [-0.3, -0.25) is 9.59 Å². The number of fused-ring (bicyclic) bond motifs is 1. The number of likely N-dealkylation sites (N-methyl/N-ethyl adjacent to an activating group) is 1. The van der Waals surface area contributed by atoms with Gasteiger partial charge in [0.2, 0.25) is 0 Å². The highest BCUT2D eigenvalue weighted by atomic mass is 32.2. The summed E-state index contributed by atoms with van der Waals surface area (Å²) in [5.74, 6) is -0.714. The molecule has 0 bridgehead atoms. The van der Waals surface area contributed by atoms with Crippen LogP contribution in [0.3, 0.4) is 0 Å². The predicted octanol–water partition coefficient (Wildman–Crippen LogP) is 0.675. The first kappa shape index (κ1) is 16.9. The van der Waals surface area contributed by atoms with Crippen LogP contribution in [0.5, 0.6) is 0 Å². The highest BCUT2D eigenvalue weighted by molar-refractivity contribution is 7.90. The third kappa shape index (κ3) is 2.50. The number of carbonyl (C=O) groups excluding carboxylic acids is 2. The summed E-state index contributed by atoms with van der Waals surface area (Å²) in [6, 6.07) is 4.44. The summed E-state index contributed by atoms with van der Waals surface area (Å²) in [7, 11) is -2.01. The maximum absolute atomic E-state index is 12.8. The van der Waals surface area contributed by atoms with Crippen molar-refractivity contribution in [3.8, 4) is 0 Å². The molecule has 0 aromatic heterocycles. The van der Waals surface area contributed by atoms with Crippen LogP contribution in [0.25, 0.3) is 0 Å². The van der Waals surface area contributed by atoms with Crippen LogP contribution in [0, 0.1) is 0 Å². The van der Waals surface area contributed by atoms with E-state index in [0.717, 1.165) is 17.1 Å². The zero-order chi connectivity index (χ0) is 17.5. The molecule has 1 unspecified atom stereocenters. The molecule has 2 heterocycles. The molecule has 1 saturated heterocycles. The number of hydrogen-bond acceptors (Lipinski definition) is 5. The standard InChI is InChI=1S/C16H21N3O4S/c1-3-19-16(21)13-7-6-11(9-14(13)24(19,22)23)15(20)18-8-4-5-12(18)10-17-2/h6-7,9,12,17H,3-5,8,10H2,1-2H3.